The van der Waals surface area contributed by atoms with Gasteiger partial charge in [0.15, 0.2) is 16.3 Å². The van der Waals surface area contributed by atoms with E-state index in [1.165, 1.54) is 11.3 Å². The molecule has 3 aromatic rings. The third kappa shape index (κ3) is 5.21. The maximum absolute atomic E-state index is 13.8. The number of carbonyl (C=O) groups is 1. The summed E-state index contributed by atoms with van der Waals surface area (Å²) >= 11 is 4.82. The van der Waals surface area contributed by atoms with E-state index in [1.807, 2.05) is 25.1 Å². The number of aromatic nitrogens is 1. The summed E-state index contributed by atoms with van der Waals surface area (Å²) in [6, 6.07) is 10.2. The normalized spacial score (nSPS) is 15.2. The van der Waals surface area contributed by atoms with Gasteiger partial charge in [0.25, 0.3) is 5.56 Å². The van der Waals surface area contributed by atoms with E-state index in [2.05, 4.69) is 20.9 Å². The van der Waals surface area contributed by atoms with Crippen LogP contribution in [-0.2, 0) is 9.53 Å². The van der Waals surface area contributed by atoms with E-state index in [1.54, 1.807) is 56.9 Å². The molecule has 0 unspecified atom stereocenters. The molecule has 1 atom stereocenters. The number of hydrogen-bond acceptors (Lipinski definition) is 8. The molecule has 4 rings (SSSR count). The third-order valence-corrected chi connectivity index (χ3v) is 7.49. The smallest absolute Gasteiger partial charge is 0.338 e. The summed E-state index contributed by atoms with van der Waals surface area (Å²) < 4.78 is 24.5. The van der Waals surface area contributed by atoms with Crippen LogP contribution in [0.5, 0.6) is 17.2 Å². The highest BCUT2D eigenvalue weighted by Crippen LogP contribution is 2.34. The van der Waals surface area contributed by atoms with Gasteiger partial charge in [0.2, 0.25) is 0 Å². The Morgan fingerprint density at radius 1 is 1.11 bits per heavy atom. The van der Waals surface area contributed by atoms with Crippen LogP contribution in [0.25, 0.3) is 6.08 Å². The van der Waals surface area contributed by atoms with Crippen molar-refractivity contribution in [2.45, 2.75) is 26.8 Å². The topological polar surface area (TPSA) is 88.4 Å². The highest BCUT2D eigenvalue weighted by Gasteiger charge is 2.33. The Labute approximate surface area is 226 Å². The van der Waals surface area contributed by atoms with Crippen LogP contribution in [0.4, 0.5) is 0 Å². The quantitative estimate of drug-likeness (QED) is 0.371. The summed E-state index contributed by atoms with van der Waals surface area (Å²) in [7, 11) is 3.16. The zero-order valence-corrected chi connectivity index (χ0v) is 23.6. The highest BCUT2D eigenvalue weighted by molar-refractivity contribution is 9.10. The monoisotopic (exact) mass is 586 g/mol. The molecule has 2 aromatic carbocycles. The average Bonchev–Trinajstić information content (AvgIpc) is 3.19. The van der Waals surface area contributed by atoms with Crippen molar-refractivity contribution in [2.24, 2.45) is 4.99 Å². The molecule has 2 heterocycles. The zero-order chi connectivity index (χ0) is 26.7. The van der Waals surface area contributed by atoms with Crippen molar-refractivity contribution in [1.29, 1.82) is 0 Å². The van der Waals surface area contributed by atoms with Crippen LogP contribution in [-0.4, -0.2) is 38.0 Å². The second-order valence-electron chi connectivity index (χ2n) is 8.03. The Hall–Kier alpha value is -3.37. The first-order valence-electron chi connectivity index (χ1n) is 11.7. The minimum Gasteiger partial charge on any atom is -0.497 e. The number of nitrogens with zero attached hydrogens (tertiary/aromatic N) is 2. The van der Waals surface area contributed by atoms with Crippen molar-refractivity contribution in [3.05, 3.63) is 83.0 Å². The van der Waals surface area contributed by atoms with Gasteiger partial charge < -0.3 is 18.9 Å². The van der Waals surface area contributed by atoms with Crippen molar-refractivity contribution in [3.63, 3.8) is 0 Å². The molecule has 0 amide bonds. The second-order valence-corrected chi connectivity index (χ2v) is 9.90. The number of allylic oxidation sites excluding steroid dienone is 1. The van der Waals surface area contributed by atoms with Crippen molar-refractivity contribution in [1.82, 2.24) is 4.57 Å². The standard InChI is InChI=1S/C27H27BrN2O6S/c1-6-35-21-12-17(19(28)14-20(21)34-5)13-22-25(31)30-24(16-8-10-18(33-4)11-9-16)23(26(32)36-7-2)15(3)29-27(30)37-22/h8-14,24H,6-7H2,1-5H3/b22-13+/t24-/m1/s1. The molecule has 0 spiro atoms. The summed E-state index contributed by atoms with van der Waals surface area (Å²) in [5.74, 6) is 1.33. The van der Waals surface area contributed by atoms with Gasteiger partial charge in [-0.05, 0) is 62.2 Å². The van der Waals surface area contributed by atoms with Crippen LogP contribution in [0.1, 0.15) is 37.9 Å². The molecule has 194 valence electrons. The number of thiazole rings is 1. The van der Waals surface area contributed by atoms with Gasteiger partial charge in [-0.1, -0.05) is 39.4 Å². The fraction of sp³-hybridized carbons (Fsp3) is 0.296. The van der Waals surface area contributed by atoms with E-state index in [9.17, 15) is 9.59 Å². The summed E-state index contributed by atoms with van der Waals surface area (Å²) in [4.78, 5) is 32.0. The summed E-state index contributed by atoms with van der Waals surface area (Å²) in [5, 5.41) is 0. The minimum atomic E-state index is -0.693. The van der Waals surface area contributed by atoms with Crippen LogP contribution in [0.15, 0.2) is 61.9 Å². The maximum Gasteiger partial charge on any atom is 0.338 e. The molecule has 0 saturated heterocycles. The predicted molar refractivity (Wildman–Crippen MR) is 145 cm³/mol. The maximum atomic E-state index is 13.8. The Kier molecular flexibility index (Phi) is 8.19. The molecule has 0 bridgehead atoms. The fourth-order valence-corrected chi connectivity index (χ4v) is 5.60. The van der Waals surface area contributed by atoms with E-state index < -0.39 is 12.0 Å². The molecular weight excluding hydrogens is 560 g/mol. The lowest BCUT2D eigenvalue weighted by molar-refractivity contribution is -0.139. The average molecular weight is 587 g/mol. The Morgan fingerprint density at radius 2 is 1.84 bits per heavy atom. The molecule has 10 heteroatoms. The van der Waals surface area contributed by atoms with Gasteiger partial charge in [-0.2, -0.15) is 0 Å². The van der Waals surface area contributed by atoms with Gasteiger partial charge in [-0.25, -0.2) is 9.79 Å². The molecule has 0 aliphatic carbocycles. The number of esters is 1. The highest BCUT2D eigenvalue weighted by atomic mass is 79.9. The number of ether oxygens (including phenoxy) is 4. The van der Waals surface area contributed by atoms with E-state index in [0.717, 1.165) is 15.6 Å². The molecular formula is C27H27BrN2O6S. The van der Waals surface area contributed by atoms with Gasteiger partial charge in [-0.3, -0.25) is 9.36 Å². The van der Waals surface area contributed by atoms with Crippen molar-refractivity contribution in [2.75, 3.05) is 27.4 Å². The van der Waals surface area contributed by atoms with Crippen LogP contribution < -0.4 is 29.1 Å². The number of methoxy groups -OCH3 is 2. The van der Waals surface area contributed by atoms with E-state index in [0.29, 0.717) is 44.5 Å². The largest absolute Gasteiger partial charge is 0.497 e. The second kappa shape index (κ2) is 11.4. The zero-order valence-electron chi connectivity index (χ0n) is 21.2. The number of halogens is 1. The van der Waals surface area contributed by atoms with Crippen LogP contribution in [0, 0.1) is 0 Å². The van der Waals surface area contributed by atoms with E-state index in [4.69, 9.17) is 18.9 Å². The molecule has 1 aliphatic heterocycles. The molecule has 0 fully saturated rings. The molecule has 0 N–H and O–H groups in total. The molecule has 37 heavy (non-hydrogen) atoms. The van der Waals surface area contributed by atoms with Gasteiger partial charge in [0.05, 0.1) is 49.3 Å². The Morgan fingerprint density at radius 3 is 2.46 bits per heavy atom. The van der Waals surface area contributed by atoms with E-state index in [-0.39, 0.29) is 12.2 Å². The summed E-state index contributed by atoms with van der Waals surface area (Å²) in [5.41, 5.74) is 2.07. The molecule has 8 nitrogen and oxygen atoms in total. The number of rotatable bonds is 8. The predicted octanol–water partition coefficient (Wildman–Crippen LogP) is 3.98. The third-order valence-electron chi connectivity index (χ3n) is 5.82. The summed E-state index contributed by atoms with van der Waals surface area (Å²) in [6.07, 6.45) is 1.78. The fourth-order valence-electron chi connectivity index (χ4n) is 4.12. The van der Waals surface area contributed by atoms with Gasteiger partial charge >= 0.3 is 5.97 Å². The van der Waals surface area contributed by atoms with Crippen molar-refractivity contribution in [3.8, 4) is 17.2 Å². The lowest BCUT2D eigenvalue weighted by Gasteiger charge is -2.24. The Balaban J connectivity index is 1.93. The number of fused-ring (bicyclic) bond motifs is 1. The molecule has 1 aromatic heterocycles. The lowest BCUT2D eigenvalue weighted by atomic mass is 9.96. The first-order chi connectivity index (χ1) is 17.8. The van der Waals surface area contributed by atoms with Crippen LogP contribution in [0.3, 0.4) is 0 Å². The number of carbonyl (C=O) groups excluding carboxylic acids is 1. The summed E-state index contributed by atoms with van der Waals surface area (Å²) in [6.45, 7) is 6.07. The lowest BCUT2D eigenvalue weighted by Crippen LogP contribution is -2.39. The number of benzene rings is 2. The van der Waals surface area contributed by atoms with Gasteiger partial charge in [-0.15, -0.1) is 0 Å². The molecule has 1 aliphatic rings. The van der Waals surface area contributed by atoms with Crippen molar-refractivity contribution < 1.29 is 23.7 Å². The first-order valence-corrected chi connectivity index (χ1v) is 13.3. The Bertz CT molecular complexity index is 1540. The number of hydrogen-bond donors (Lipinski definition) is 0. The van der Waals surface area contributed by atoms with Crippen LogP contribution in [0.2, 0.25) is 0 Å². The molecule has 0 radical (unpaired) electrons. The van der Waals surface area contributed by atoms with Gasteiger partial charge in [0, 0.05) is 4.47 Å². The van der Waals surface area contributed by atoms with E-state index >= 15 is 0 Å². The SMILES string of the molecule is CCOC(=O)C1=C(C)N=c2s/c(=C/c3cc(OCC)c(OC)cc3Br)c(=O)n2[C@@H]1c1ccc(OC)cc1. The first kappa shape index (κ1) is 26.7. The van der Waals surface area contributed by atoms with Gasteiger partial charge in [0.1, 0.15) is 5.75 Å². The van der Waals surface area contributed by atoms with Crippen LogP contribution >= 0.6 is 27.3 Å². The minimum absolute atomic E-state index is 0.211. The molecule has 0 saturated carbocycles. The van der Waals surface area contributed by atoms with Crippen molar-refractivity contribution >= 4 is 39.3 Å².